The molecule has 1 aliphatic heterocycles. The first-order valence-corrected chi connectivity index (χ1v) is 10.8. The highest BCUT2D eigenvalue weighted by molar-refractivity contribution is 7.99. The predicted octanol–water partition coefficient (Wildman–Crippen LogP) is 5.13. The smallest absolute Gasteiger partial charge is 0.288 e. The number of nitrogens with zero attached hydrogens (tertiary/aromatic N) is 1. The van der Waals surface area contributed by atoms with Gasteiger partial charge in [-0.25, -0.2) is 0 Å². The molecule has 0 radical (unpaired) electrons. The molecule has 0 aromatic heterocycles. The largest absolute Gasteiger partial charge is 0.497 e. The van der Waals surface area contributed by atoms with Crippen LogP contribution in [-0.4, -0.2) is 42.5 Å². The van der Waals surface area contributed by atoms with E-state index in [0.717, 1.165) is 24.5 Å². The molecule has 0 amide bonds. The van der Waals surface area contributed by atoms with Gasteiger partial charge in [-0.05, 0) is 80.1 Å². The molecule has 1 saturated heterocycles. The maximum absolute atomic E-state index is 12.4. The minimum absolute atomic E-state index is 0.216. The summed E-state index contributed by atoms with van der Waals surface area (Å²) in [6, 6.07) is 15.2. The standard InChI is InChI=1S/C21H25F2N3OS2/c1-27-17-8-4-15(5-9-17)19(26-12-2-3-13-26)14-24-21(28)25-16-6-10-18(11-7-16)29-20(22)23/h4-11,19-20H,2-3,12-14H2,1H3,(H2,24,25,28)/t19-/m1/s1. The third kappa shape index (κ3) is 6.55. The Kier molecular flexibility index (Phi) is 8.09. The van der Waals surface area contributed by atoms with Crippen molar-refractivity contribution in [2.75, 3.05) is 32.1 Å². The van der Waals surface area contributed by atoms with Gasteiger partial charge in [0.25, 0.3) is 5.76 Å². The van der Waals surface area contributed by atoms with Crippen LogP contribution in [0.5, 0.6) is 5.75 Å². The van der Waals surface area contributed by atoms with Crippen LogP contribution in [0.4, 0.5) is 14.5 Å². The SMILES string of the molecule is COc1ccc([C@@H](CNC(=S)Nc2ccc(SC(F)F)cc2)N2CCCC2)cc1. The minimum atomic E-state index is -2.42. The van der Waals surface area contributed by atoms with Crippen molar-refractivity contribution in [3.8, 4) is 5.75 Å². The molecule has 2 aromatic carbocycles. The van der Waals surface area contributed by atoms with Crippen molar-refractivity contribution in [3.05, 3.63) is 54.1 Å². The number of alkyl halides is 2. The van der Waals surface area contributed by atoms with Crippen molar-refractivity contribution in [2.45, 2.75) is 29.5 Å². The number of thioether (sulfide) groups is 1. The summed E-state index contributed by atoms with van der Waals surface area (Å²) in [4.78, 5) is 2.99. The molecule has 1 atom stereocenters. The molecule has 156 valence electrons. The third-order valence-electron chi connectivity index (χ3n) is 4.88. The molecule has 0 saturated carbocycles. The lowest BCUT2D eigenvalue weighted by Gasteiger charge is -2.29. The summed E-state index contributed by atoms with van der Waals surface area (Å²) in [5, 5.41) is 6.94. The number of likely N-dealkylation sites (tertiary alicyclic amines) is 1. The van der Waals surface area contributed by atoms with Crippen molar-refractivity contribution in [2.24, 2.45) is 0 Å². The van der Waals surface area contributed by atoms with E-state index >= 15 is 0 Å². The average molecular weight is 438 g/mol. The molecule has 29 heavy (non-hydrogen) atoms. The molecule has 2 aromatic rings. The van der Waals surface area contributed by atoms with Crippen LogP contribution in [0.3, 0.4) is 0 Å². The number of hydrogen-bond acceptors (Lipinski definition) is 4. The summed E-state index contributed by atoms with van der Waals surface area (Å²) in [7, 11) is 1.66. The molecule has 3 rings (SSSR count). The summed E-state index contributed by atoms with van der Waals surface area (Å²) in [5.74, 6) is -1.58. The number of hydrogen-bond donors (Lipinski definition) is 2. The summed E-state index contributed by atoms with van der Waals surface area (Å²) in [6.07, 6.45) is 2.41. The third-order valence-corrected chi connectivity index (χ3v) is 5.84. The zero-order valence-corrected chi connectivity index (χ0v) is 17.9. The number of rotatable bonds is 8. The van der Waals surface area contributed by atoms with Gasteiger partial charge in [0.05, 0.1) is 13.2 Å². The molecular weight excluding hydrogens is 412 g/mol. The van der Waals surface area contributed by atoms with Crippen LogP contribution in [0.25, 0.3) is 0 Å². The quantitative estimate of drug-likeness (QED) is 0.440. The van der Waals surface area contributed by atoms with E-state index in [9.17, 15) is 8.78 Å². The van der Waals surface area contributed by atoms with Crippen LogP contribution in [0.2, 0.25) is 0 Å². The maximum Gasteiger partial charge on any atom is 0.288 e. The maximum atomic E-state index is 12.4. The van der Waals surface area contributed by atoms with Gasteiger partial charge in [0.1, 0.15) is 5.75 Å². The van der Waals surface area contributed by atoms with Gasteiger partial charge in [0, 0.05) is 17.1 Å². The number of nitrogens with one attached hydrogen (secondary N) is 2. The highest BCUT2D eigenvalue weighted by Crippen LogP contribution is 2.27. The van der Waals surface area contributed by atoms with Crippen LogP contribution >= 0.6 is 24.0 Å². The fourth-order valence-electron chi connectivity index (χ4n) is 3.42. The number of anilines is 1. The summed E-state index contributed by atoms with van der Waals surface area (Å²) in [5.41, 5.74) is 1.99. The Morgan fingerprint density at radius 3 is 2.34 bits per heavy atom. The Hall–Kier alpha value is -1.90. The predicted molar refractivity (Wildman–Crippen MR) is 119 cm³/mol. The molecule has 0 aliphatic carbocycles. The zero-order chi connectivity index (χ0) is 20.6. The van der Waals surface area contributed by atoms with Gasteiger partial charge in [0.15, 0.2) is 5.11 Å². The van der Waals surface area contributed by atoms with Crippen LogP contribution in [0.1, 0.15) is 24.4 Å². The molecule has 2 N–H and O–H groups in total. The minimum Gasteiger partial charge on any atom is -0.497 e. The Morgan fingerprint density at radius 2 is 1.76 bits per heavy atom. The number of thiocarbonyl (C=S) groups is 1. The van der Waals surface area contributed by atoms with Crippen molar-refractivity contribution in [1.29, 1.82) is 0 Å². The van der Waals surface area contributed by atoms with Crippen molar-refractivity contribution < 1.29 is 13.5 Å². The topological polar surface area (TPSA) is 36.5 Å². The first-order chi connectivity index (χ1) is 14.0. The van der Waals surface area contributed by atoms with E-state index in [1.807, 2.05) is 12.1 Å². The fourth-order valence-corrected chi connectivity index (χ4v) is 4.12. The van der Waals surface area contributed by atoms with Gasteiger partial charge in [0.2, 0.25) is 0 Å². The van der Waals surface area contributed by atoms with E-state index in [0.29, 0.717) is 28.3 Å². The Labute approximate surface area is 180 Å². The first-order valence-electron chi connectivity index (χ1n) is 9.53. The van der Waals surface area contributed by atoms with E-state index in [-0.39, 0.29) is 6.04 Å². The normalized spacial score (nSPS) is 15.3. The Balaban J connectivity index is 1.58. The molecular formula is C21H25F2N3OS2. The van der Waals surface area contributed by atoms with E-state index < -0.39 is 5.76 Å². The molecule has 0 bridgehead atoms. The number of ether oxygens (including phenoxy) is 1. The van der Waals surface area contributed by atoms with Crippen LogP contribution < -0.4 is 15.4 Å². The first kappa shape index (κ1) is 21.8. The second kappa shape index (κ2) is 10.8. The molecule has 1 fully saturated rings. The van der Waals surface area contributed by atoms with Crippen LogP contribution in [0, 0.1) is 0 Å². The Bertz CT molecular complexity index is 782. The number of halogens is 2. The number of benzene rings is 2. The van der Waals surface area contributed by atoms with Gasteiger partial charge in [-0.2, -0.15) is 8.78 Å². The van der Waals surface area contributed by atoms with Crippen molar-refractivity contribution >= 4 is 34.8 Å². The van der Waals surface area contributed by atoms with E-state index in [1.165, 1.54) is 18.4 Å². The van der Waals surface area contributed by atoms with Gasteiger partial charge in [-0.1, -0.05) is 23.9 Å². The highest BCUT2D eigenvalue weighted by atomic mass is 32.2. The second-order valence-electron chi connectivity index (χ2n) is 6.77. The molecule has 1 heterocycles. The lowest BCUT2D eigenvalue weighted by atomic mass is 10.1. The van der Waals surface area contributed by atoms with Crippen molar-refractivity contribution in [3.63, 3.8) is 0 Å². The van der Waals surface area contributed by atoms with E-state index in [4.69, 9.17) is 17.0 Å². The van der Waals surface area contributed by atoms with Gasteiger partial charge >= 0.3 is 0 Å². The lowest BCUT2D eigenvalue weighted by Crippen LogP contribution is -2.38. The molecule has 1 aliphatic rings. The highest BCUT2D eigenvalue weighted by Gasteiger charge is 2.23. The molecule has 8 heteroatoms. The van der Waals surface area contributed by atoms with E-state index in [2.05, 4.69) is 27.7 Å². The summed E-state index contributed by atoms with van der Waals surface area (Å²) < 4.78 is 30.1. The fraction of sp³-hybridized carbons (Fsp3) is 0.381. The summed E-state index contributed by atoms with van der Waals surface area (Å²) in [6.45, 7) is 2.82. The van der Waals surface area contributed by atoms with Gasteiger partial charge < -0.3 is 15.4 Å². The molecule has 4 nitrogen and oxygen atoms in total. The Morgan fingerprint density at radius 1 is 1.10 bits per heavy atom. The van der Waals surface area contributed by atoms with E-state index in [1.54, 1.807) is 31.4 Å². The second-order valence-corrected chi connectivity index (χ2v) is 8.24. The van der Waals surface area contributed by atoms with Crippen LogP contribution in [0.15, 0.2) is 53.4 Å². The monoisotopic (exact) mass is 437 g/mol. The van der Waals surface area contributed by atoms with Crippen molar-refractivity contribution in [1.82, 2.24) is 10.2 Å². The summed E-state index contributed by atoms with van der Waals surface area (Å²) >= 11 is 5.97. The number of methoxy groups -OCH3 is 1. The molecule has 0 unspecified atom stereocenters. The zero-order valence-electron chi connectivity index (χ0n) is 16.2. The van der Waals surface area contributed by atoms with Gasteiger partial charge in [-0.15, -0.1) is 0 Å². The molecule has 0 spiro atoms. The lowest BCUT2D eigenvalue weighted by molar-refractivity contribution is 0.246. The average Bonchev–Trinajstić information content (AvgIpc) is 3.24. The van der Waals surface area contributed by atoms with Gasteiger partial charge in [-0.3, -0.25) is 4.90 Å². The van der Waals surface area contributed by atoms with Crippen LogP contribution in [-0.2, 0) is 0 Å².